The summed E-state index contributed by atoms with van der Waals surface area (Å²) in [6.45, 7) is 4.13. The number of aryl methyl sites for hydroxylation is 1. The van der Waals surface area contributed by atoms with E-state index in [1.165, 1.54) is 11.1 Å². The molecule has 1 aromatic carbocycles. The van der Waals surface area contributed by atoms with Gasteiger partial charge in [0.05, 0.1) is 0 Å². The van der Waals surface area contributed by atoms with Crippen molar-refractivity contribution >= 4 is 22.1 Å². The molecule has 0 spiro atoms. The molecule has 0 saturated carbocycles. The Labute approximate surface area is 121 Å². The second-order valence-corrected chi connectivity index (χ2v) is 5.62. The van der Waals surface area contributed by atoms with Gasteiger partial charge in [-0.15, -0.1) is 0 Å². The Morgan fingerprint density at radius 3 is 2.55 bits per heavy atom. The molecule has 4 heteroatoms. The van der Waals surface area contributed by atoms with E-state index in [2.05, 4.69) is 48.1 Å². The highest BCUT2D eigenvalue weighted by atomic mass is 15.1. The first-order valence-corrected chi connectivity index (χ1v) is 6.99. The first-order chi connectivity index (χ1) is 9.49. The predicted octanol–water partition coefficient (Wildman–Crippen LogP) is 2.51. The molecule has 0 radical (unpaired) electrons. The first kappa shape index (κ1) is 14.6. The van der Waals surface area contributed by atoms with Gasteiger partial charge in [0.2, 0.25) is 0 Å². The first-order valence-electron chi connectivity index (χ1n) is 6.99. The van der Waals surface area contributed by atoms with Crippen molar-refractivity contribution in [2.75, 3.05) is 44.9 Å². The van der Waals surface area contributed by atoms with E-state index in [0.717, 1.165) is 36.3 Å². The van der Waals surface area contributed by atoms with Crippen LogP contribution >= 0.6 is 0 Å². The lowest BCUT2D eigenvalue weighted by Crippen LogP contribution is -2.23. The molecule has 0 amide bonds. The second-order valence-electron chi connectivity index (χ2n) is 5.62. The summed E-state index contributed by atoms with van der Waals surface area (Å²) in [6.07, 6.45) is 3.01. The fourth-order valence-electron chi connectivity index (χ4n) is 2.43. The quantitative estimate of drug-likeness (QED) is 0.850. The molecule has 0 saturated heterocycles. The number of nitrogen functional groups attached to an aromatic ring is 1. The topological polar surface area (TPSA) is 45.4 Å². The van der Waals surface area contributed by atoms with Gasteiger partial charge in [-0.3, -0.25) is 4.98 Å². The molecule has 0 unspecified atom stereocenters. The van der Waals surface area contributed by atoms with Crippen molar-refractivity contribution in [2.24, 2.45) is 0 Å². The normalized spacial score (nSPS) is 11.2. The Hall–Kier alpha value is -1.81. The van der Waals surface area contributed by atoms with Gasteiger partial charge >= 0.3 is 0 Å². The van der Waals surface area contributed by atoms with Crippen LogP contribution < -0.4 is 10.6 Å². The van der Waals surface area contributed by atoms with Crippen molar-refractivity contribution in [2.45, 2.75) is 13.3 Å². The lowest BCUT2D eigenvalue weighted by atomic mass is 10.1. The molecule has 0 aliphatic carbocycles. The minimum Gasteiger partial charge on any atom is -0.398 e. The molecule has 2 aromatic rings. The van der Waals surface area contributed by atoms with Crippen LogP contribution in [0.4, 0.5) is 11.4 Å². The summed E-state index contributed by atoms with van der Waals surface area (Å²) in [5.41, 5.74) is 9.08. The highest BCUT2D eigenvalue weighted by Crippen LogP contribution is 2.30. The second kappa shape index (κ2) is 6.09. The lowest BCUT2D eigenvalue weighted by Gasteiger charge is -2.22. The molecule has 1 heterocycles. The van der Waals surface area contributed by atoms with Crippen molar-refractivity contribution in [3.63, 3.8) is 0 Å². The SMILES string of the molecule is Cc1cc2c(N(C)CCCN(C)C)ccc(N)c2cn1. The number of fused-ring (bicyclic) bond motifs is 1. The highest BCUT2D eigenvalue weighted by Gasteiger charge is 2.09. The van der Waals surface area contributed by atoms with Gasteiger partial charge in [-0.25, -0.2) is 0 Å². The van der Waals surface area contributed by atoms with Crippen LogP contribution in [0, 0.1) is 6.92 Å². The van der Waals surface area contributed by atoms with Crippen LogP contribution in [0.2, 0.25) is 0 Å². The van der Waals surface area contributed by atoms with E-state index in [9.17, 15) is 0 Å². The largest absolute Gasteiger partial charge is 0.398 e. The average Bonchev–Trinajstić information content (AvgIpc) is 2.38. The van der Waals surface area contributed by atoms with Gasteiger partial charge in [-0.05, 0) is 52.2 Å². The molecule has 108 valence electrons. The summed E-state index contributed by atoms with van der Waals surface area (Å²) in [7, 11) is 6.34. The maximum Gasteiger partial charge on any atom is 0.0446 e. The van der Waals surface area contributed by atoms with E-state index in [1.54, 1.807) is 0 Å². The Morgan fingerprint density at radius 2 is 1.85 bits per heavy atom. The third kappa shape index (κ3) is 3.20. The number of nitrogens with zero attached hydrogens (tertiary/aromatic N) is 3. The standard InChI is InChI=1S/C16H24N4/c1-12-10-13-14(11-18-12)15(17)6-7-16(13)20(4)9-5-8-19(2)3/h6-7,10-11H,5,8-9,17H2,1-4H3. The number of hydrogen-bond donors (Lipinski definition) is 1. The molecule has 0 bridgehead atoms. The minimum absolute atomic E-state index is 0.790. The van der Waals surface area contributed by atoms with Crippen molar-refractivity contribution in [1.29, 1.82) is 0 Å². The summed E-state index contributed by atoms with van der Waals surface area (Å²) in [5.74, 6) is 0. The number of aromatic nitrogens is 1. The predicted molar refractivity (Wildman–Crippen MR) is 87.3 cm³/mol. The summed E-state index contributed by atoms with van der Waals surface area (Å²) >= 11 is 0. The monoisotopic (exact) mass is 272 g/mol. The van der Waals surface area contributed by atoms with Gasteiger partial charge in [0.15, 0.2) is 0 Å². The number of pyridine rings is 1. The Morgan fingerprint density at radius 1 is 1.10 bits per heavy atom. The zero-order valence-electron chi connectivity index (χ0n) is 12.8. The van der Waals surface area contributed by atoms with Crippen LogP contribution in [0.15, 0.2) is 24.4 Å². The van der Waals surface area contributed by atoms with E-state index in [0.29, 0.717) is 0 Å². The molecule has 4 nitrogen and oxygen atoms in total. The molecule has 0 fully saturated rings. The zero-order chi connectivity index (χ0) is 14.7. The van der Waals surface area contributed by atoms with Crippen molar-refractivity contribution in [1.82, 2.24) is 9.88 Å². The Balaban J connectivity index is 2.29. The number of benzene rings is 1. The van der Waals surface area contributed by atoms with E-state index in [4.69, 9.17) is 5.73 Å². The maximum atomic E-state index is 6.05. The summed E-state index contributed by atoms with van der Waals surface area (Å²) in [5, 5.41) is 2.22. The van der Waals surface area contributed by atoms with Crippen molar-refractivity contribution in [3.8, 4) is 0 Å². The van der Waals surface area contributed by atoms with E-state index < -0.39 is 0 Å². The lowest BCUT2D eigenvalue weighted by molar-refractivity contribution is 0.402. The van der Waals surface area contributed by atoms with Gasteiger partial charge in [0.1, 0.15) is 0 Å². The van der Waals surface area contributed by atoms with Gasteiger partial charge in [0.25, 0.3) is 0 Å². The van der Waals surface area contributed by atoms with Crippen molar-refractivity contribution < 1.29 is 0 Å². The van der Waals surface area contributed by atoms with Crippen LogP contribution in [0.3, 0.4) is 0 Å². The van der Waals surface area contributed by atoms with Crippen LogP contribution in [0.25, 0.3) is 10.8 Å². The molecular formula is C16H24N4. The third-order valence-electron chi connectivity index (χ3n) is 3.56. The molecule has 1 aromatic heterocycles. The van der Waals surface area contributed by atoms with Crippen LogP contribution in [0.5, 0.6) is 0 Å². The molecule has 0 aliphatic rings. The molecular weight excluding hydrogens is 248 g/mol. The van der Waals surface area contributed by atoms with E-state index >= 15 is 0 Å². The highest BCUT2D eigenvalue weighted by molar-refractivity contribution is 6.01. The third-order valence-corrected chi connectivity index (χ3v) is 3.56. The fraction of sp³-hybridized carbons (Fsp3) is 0.438. The van der Waals surface area contributed by atoms with Gasteiger partial charge in [0, 0.05) is 47.6 Å². The minimum atomic E-state index is 0.790. The van der Waals surface area contributed by atoms with Gasteiger partial charge < -0.3 is 15.5 Å². The van der Waals surface area contributed by atoms with Crippen LogP contribution in [0.1, 0.15) is 12.1 Å². The summed E-state index contributed by atoms with van der Waals surface area (Å²) < 4.78 is 0. The Kier molecular flexibility index (Phi) is 4.45. The number of rotatable bonds is 5. The summed E-state index contributed by atoms with van der Waals surface area (Å²) in [4.78, 5) is 8.86. The zero-order valence-corrected chi connectivity index (χ0v) is 12.8. The average molecular weight is 272 g/mol. The molecule has 0 aliphatic heterocycles. The van der Waals surface area contributed by atoms with E-state index in [1.807, 2.05) is 19.2 Å². The molecule has 2 N–H and O–H groups in total. The number of nitrogens with two attached hydrogens (primary N) is 1. The van der Waals surface area contributed by atoms with Crippen LogP contribution in [-0.4, -0.2) is 44.1 Å². The Bertz CT molecular complexity index is 592. The number of anilines is 2. The molecule has 2 rings (SSSR count). The number of hydrogen-bond acceptors (Lipinski definition) is 4. The van der Waals surface area contributed by atoms with Gasteiger partial charge in [-0.2, -0.15) is 0 Å². The van der Waals surface area contributed by atoms with E-state index in [-0.39, 0.29) is 0 Å². The fourth-order valence-corrected chi connectivity index (χ4v) is 2.43. The molecule has 20 heavy (non-hydrogen) atoms. The molecule has 0 atom stereocenters. The van der Waals surface area contributed by atoms with Crippen LogP contribution in [-0.2, 0) is 0 Å². The summed E-state index contributed by atoms with van der Waals surface area (Å²) in [6, 6.07) is 6.19. The maximum absolute atomic E-state index is 6.05. The van der Waals surface area contributed by atoms with Gasteiger partial charge in [-0.1, -0.05) is 0 Å². The van der Waals surface area contributed by atoms with Crippen molar-refractivity contribution in [3.05, 3.63) is 30.1 Å². The smallest absolute Gasteiger partial charge is 0.0446 e.